The molecule has 4 heterocycles. The number of pyridine rings is 1. The van der Waals surface area contributed by atoms with Crippen LogP contribution in [0.3, 0.4) is 0 Å². The zero-order chi connectivity index (χ0) is 29.3. The number of aryl methyl sites for hydroxylation is 1. The second kappa shape index (κ2) is 12.6. The van der Waals surface area contributed by atoms with E-state index in [9.17, 15) is 28.5 Å². The Balaban J connectivity index is 1.50. The summed E-state index contributed by atoms with van der Waals surface area (Å²) in [6, 6.07) is 4.42. The van der Waals surface area contributed by atoms with Gasteiger partial charge in [0.15, 0.2) is 17.5 Å². The molecule has 14 heteroatoms. The minimum absolute atomic E-state index is 0.0390. The summed E-state index contributed by atoms with van der Waals surface area (Å²) in [6.45, 7) is 1.41. The molecule has 3 aromatic rings. The summed E-state index contributed by atoms with van der Waals surface area (Å²) in [5, 5.41) is 40.7. The van der Waals surface area contributed by atoms with Crippen LogP contribution in [-0.4, -0.2) is 89.9 Å². The van der Waals surface area contributed by atoms with Gasteiger partial charge in [-0.25, -0.2) is 17.9 Å². The van der Waals surface area contributed by atoms with E-state index in [1.807, 2.05) is 19.1 Å². The van der Waals surface area contributed by atoms with E-state index in [2.05, 4.69) is 15.3 Å². The van der Waals surface area contributed by atoms with Crippen LogP contribution in [-0.2, 0) is 9.47 Å². The molecule has 9 nitrogen and oxygen atoms in total. The highest BCUT2D eigenvalue weighted by atomic mass is 32.2. The monoisotopic (exact) mass is 612 g/mol. The lowest BCUT2D eigenvalue weighted by atomic mass is 9.89. The molecule has 1 aromatic carbocycles. The fourth-order valence-corrected chi connectivity index (χ4v) is 8.29. The van der Waals surface area contributed by atoms with E-state index in [0.717, 1.165) is 29.2 Å². The van der Waals surface area contributed by atoms with Crippen LogP contribution in [0.25, 0.3) is 11.3 Å². The van der Waals surface area contributed by atoms with Gasteiger partial charge in [0.05, 0.1) is 29.3 Å². The average molecular weight is 613 g/mol. The minimum atomic E-state index is -1.60. The van der Waals surface area contributed by atoms with Gasteiger partial charge < -0.3 is 24.8 Å². The van der Waals surface area contributed by atoms with E-state index in [4.69, 9.17) is 9.47 Å². The number of hydrogen-bond donors (Lipinski definition) is 3. The minimum Gasteiger partial charge on any atom is -0.394 e. The number of nitrogens with zero attached hydrogens (tertiary/aromatic N) is 4. The van der Waals surface area contributed by atoms with Gasteiger partial charge in [0.1, 0.15) is 35.5 Å². The highest BCUT2D eigenvalue weighted by molar-refractivity contribution is 8.00. The van der Waals surface area contributed by atoms with Crippen LogP contribution in [0.4, 0.5) is 13.2 Å². The Labute approximate surface area is 243 Å². The van der Waals surface area contributed by atoms with Gasteiger partial charge in [-0.2, -0.15) is 11.8 Å². The van der Waals surface area contributed by atoms with Crippen LogP contribution in [0.2, 0.25) is 0 Å². The summed E-state index contributed by atoms with van der Waals surface area (Å²) in [6.07, 6.45) is 0.918. The normalized spacial score (nSPS) is 27.1. The first-order chi connectivity index (χ1) is 19.7. The molecule has 5 rings (SSSR count). The lowest BCUT2D eigenvalue weighted by molar-refractivity contribution is -0.186. The van der Waals surface area contributed by atoms with E-state index in [1.54, 1.807) is 18.0 Å². The van der Waals surface area contributed by atoms with E-state index in [1.165, 1.54) is 29.8 Å². The average Bonchev–Trinajstić information content (AvgIpc) is 3.45. The molecular formula is C27H31F3N4O5S2. The number of rotatable bonds is 8. The molecule has 2 saturated heterocycles. The fourth-order valence-electron chi connectivity index (χ4n) is 5.32. The van der Waals surface area contributed by atoms with Crippen molar-refractivity contribution in [3.8, 4) is 11.3 Å². The van der Waals surface area contributed by atoms with Crippen LogP contribution in [0.5, 0.6) is 0 Å². The SMILES string of the molecule is CO[C@@H]1[C@@H](n2cc(-c3cc(F)c(F)c(F)c3)nn2)[C@@H](O)[C@@H](CO)O[C@H]1SC(c1ncccc1C)C1(O)CCSCC1. The van der Waals surface area contributed by atoms with Crippen molar-refractivity contribution in [3.05, 3.63) is 65.4 Å². The van der Waals surface area contributed by atoms with Gasteiger partial charge in [0.2, 0.25) is 0 Å². The molecule has 2 aliphatic rings. The van der Waals surface area contributed by atoms with Crippen LogP contribution in [0.15, 0.2) is 36.7 Å². The maximum absolute atomic E-state index is 13.9. The van der Waals surface area contributed by atoms with Crippen LogP contribution in [0.1, 0.15) is 35.4 Å². The Morgan fingerprint density at radius 2 is 1.95 bits per heavy atom. The van der Waals surface area contributed by atoms with Crippen molar-refractivity contribution in [2.45, 2.75) is 60.4 Å². The van der Waals surface area contributed by atoms with Crippen LogP contribution >= 0.6 is 23.5 Å². The maximum Gasteiger partial charge on any atom is 0.194 e. The zero-order valence-electron chi connectivity index (χ0n) is 22.4. The third-order valence-electron chi connectivity index (χ3n) is 7.61. The molecule has 0 radical (unpaired) electrons. The van der Waals surface area contributed by atoms with Crippen LogP contribution < -0.4 is 0 Å². The van der Waals surface area contributed by atoms with Crippen molar-refractivity contribution in [1.29, 1.82) is 0 Å². The number of aromatic nitrogens is 4. The fraction of sp³-hybridized carbons (Fsp3) is 0.519. The standard InChI is InChI=1S/C27H31F3N4O5S2/c1-14-4-3-7-31-21(14)25(27(37)5-8-40-9-6-27)41-26-24(38-2)22(23(36)19(13-35)39-26)34-12-18(32-33-34)15-10-16(28)20(30)17(29)11-15/h3-4,7,10-12,19,22-26,35-37H,5-6,8-9,13H2,1-2H3/t19-,22+,23+,24-,25?,26+/m1/s1. The van der Waals surface area contributed by atoms with Gasteiger partial charge >= 0.3 is 0 Å². The molecule has 0 saturated carbocycles. The summed E-state index contributed by atoms with van der Waals surface area (Å²) in [7, 11) is 1.44. The number of aliphatic hydroxyl groups is 3. The highest BCUT2D eigenvalue weighted by Gasteiger charge is 2.51. The number of thioether (sulfide) groups is 2. The molecule has 2 aromatic heterocycles. The van der Waals surface area contributed by atoms with E-state index in [-0.39, 0.29) is 11.3 Å². The van der Waals surface area contributed by atoms with Crippen molar-refractivity contribution >= 4 is 23.5 Å². The van der Waals surface area contributed by atoms with Gasteiger partial charge in [0, 0.05) is 18.9 Å². The molecule has 0 amide bonds. The Morgan fingerprint density at radius 3 is 2.59 bits per heavy atom. The van der Waals surface area contributed by atoms with Crippen molar-refractivity contribution < 1.29 is 38.0 Å². The highest BCUT2D eigenvalue weighted by Crippen LogP contribution is 2.50. The number of hydrogen-bond acceptors (Lipinski definition) is 10. The Bertz CT molecular complexity index is 1340. The molecule has 41 heavy (non-hydrogen) atoms. The first-order valence-electron chi connectivity index (χ1n) is 13.1. The number of benzene rings is 1. The Hall–Kier alpha value is -2.20. The summed E-state index contributed by atoms with van der Waals surface area (Å²) < 4.78 is 54.6. The second-order valence-electron chi connectivity index (χ2n) is 10.2. The first kappa shape index (κ1) is 30.3. The first-order valence-corrected chi connectivity index (χ1v) is 15.2. The molecule has 0 spiro atoms. The molecule has 3 N–H and O–H groups in total. The largest absolute Gasteiger partial charge is 0.394 e. The Kier molecular flexibility index (Phi) is 9.28. The van der Waals surface area contributed by atoms with Crippen molar-refractivity contribution in [2.24, 2.45) is 0 Å². The third kappa shape index (κ3) is 6.01. The molecule has 0 aliphatic carbocycles. The van der Waals surface area contributed by atoms with Crippen LogP contribution in [0, 0.1) is 24.4 Å². The maximum atomic E-state index is 13.9. The summed E-state index contributed by atoms with van der Waals surface area (Å²) in [5.74, 6) is -2.77. The van der Waals surface area contributed by atoms with E-state index in [0.29, 0.717) is 18.5 Å². The van der Waals surface area contributed by atoms with Crippen molar-refractivity contribution in [1.82, 2.24) is 20.0 Å². The van der Waals surface area contributed by atoms with E-state index < -0.39 is 64.7 Å². The third-order valence-corrected chi connectivity index (χ3v) is 10.2. The molecule has 2 aliphatic heterocycles. The zero-order valence-corrected chi connectivity index (χ0v) is 24.0. The van der Waals surface area contributed by atoms with Gasteiger partial charge in [0.25, 0.3) is 0 Å². The molecule has 222 valence electrons. The molecule has 1 unspecified atom stereocenters. The summed E-state index contributed by atoms with van der Waals surface area (Å²) >= 11 is 3.08. The lowest BCUT2D eigenvalue weighted by Gasteiger charge is -2.46. The number of ether oxygens (including phenoxy) is 2. The quantitative estimate of drug-likeness (QED) is 0.326. The topological polar surface area (TPSA) is 123 Å². The summed E-state index contributed by atoms with van der Waals surface area (Å²) in [4.78, 5) is 4.61. The van der Waals surface area contributed by atoms with Crippen molar-refractivity contribution in [3.63, 3.8) is 0 Å². The molecule has 6 atom stereocenters. The molecule has 2 fully saturated rings. The number of halogens is 3. The van der Waals surface area contributed by atoms with Gasteiger partial charge in [-0.1, -0.05) is 11.3 Å². The predicted molar refractivity (Wildman–Crippen MR) is 148 cm³/mol. The molecular weight excluding hydrogens is 581 g/mol. The van der Waals surface area contributed by atoms with Gasteiger partial charge in [-0.05, 0) is 55.0 Å². The van der Waals surface area contributed by atoms with Crippen molar-refractivity contribution in [2.75, 3.05) is 25.2 Å². The number of aliphatic hydroxyl groups excluding tert-OH is 2. The lowest BCUT2D eigenvalue weighted by Crippen LogP contribution is -2.56. The second-order valence-corrected chi connectivity index (χ2v) is 12.6. The van der Waals surface area contributed by atoms with Gasteiger partial charge in [-0.3, -0.25) is 4.98 Å². The Morgan fingerprint density at radius 1 is 1.24 bits per heavy atom. The summed E-state index contributed by atoms with van der Waals surface area (Å²) in [5.41, 5.74) is -0.293. The predicted octanol–water partition coefficient (Wildman–Crippen LogP) is 3.43. The smallest absolute Gasteiger partial charge is 0.194 e. The molecule has 0 bridgehead atoms. The number of methoxy groups -OCH3 is 1. The van der Waals surface area contributed by atoms with Gasteiger partial charge in [-0.15, -0.1) is 16.9 Å². The van der Waals surface area contributed by atoms with E-state index >= 15 is 0 Å².